The number of nitrogens with two attached hydrogens (primary N) is 1. The summed E-state index contributed by atoms with van der Waals surface area (Å²) in [5.41, 5.74) is 6.88. The molecule has 1 aromatic heterocycles. The molecule has 0 saturated carbocycles. The highest BCUT2D eigenvalue weighted by Gasteiger charge is 2.26. The van der Waals surface area contributed by atoms with Crippen molar-refractivity contribution in [3.8, 4) is 0 Å². The van der Waals surface area contributed by atoms with Gasteiger partial charge in [0.25, 0.3) is 0 Å². The molecule has 1 aliphatic heterocycles. The van der Waals surface area contributed by atoms with E-state index in [1.54, 1.807) is 0 Å². The predicted molar refractivity (Wildman–Crippen MR) is 109 cm³/mol. The van der Waals surface area contributed by atoms with Gasteiger partial charge in [0.15, 0.2) is 0 Å². The Labute approximate surface area is 172 Å². The van der Waals surface area contributed by atoms with E-state index in [0.717, 1.165) is 30.2 Å². The number of furan rings is 1. The lowest BCUT2D eigenvalue weighted by molar-refractivity contribution is -0.122. The Kier molecular flexibility index (Phi) is 9.83. The maximum absolute atomic E-state index is 12.5. The van der Waals surface area contributed by atoms with Crippen molar-refractivity contribution >= 4 is 30.7 Å². The summed E-state index contributed by atoms with van der Waals surface area (Å²) in [6.45, 7) is 5.37. The van der Waals surface area contributed by atoms with Gasteiger partial charge < -0.3 is 20.2 Å². The van der Waals surface area contributed by atoms with Crippen molar-refractivity contribution < 1.29 is 13.9 Å². The van der Waals surface area contributed by atoms with Crippen LogP contribution in [0.4, 0.5) is 0 Å². The summed E-state index contributed by atoms with van der Waals surface area (Å²) in [5, 5.41) is 2.98. The molecule has 2 atom stereocenters. The van der Waals surface area contributed by atoms with Crippen molar-refractivity contribution in [1.82, 2.24) is 10.2 Å². The molecule has 1 aromatic carbocycles. The van der Waals surface area contributed by atoms with Gasteiger partial charge in [-0.15, -0.1) is 24.8 Å². The Morgan fingerprint density at radius 3 is 2.41 bits per heavy atom. The number of rotatable bonds is 6. The minimum absolute atomic E-state index is 0. The molecule has 150 valence electrons. The van der Waals surface area contributed by atoms with E-state index in [1.807, 2.05) is 49.4 Å². The number of ether oxygens (including phenoxy) is 1. The van der Waals surface area contributed by atoms with Crippen LogP contribution in [0.3, 0.4) is 0 Å². The number of benzene rings is 1. The topological polar surface area (TPSA) is 80.7 Å². The lowest BCUT2D eigenvalue weighted by Gasteiger charge is -2.33. The molecule has 1 saturated heterocycles. The number of morpholine rings is 1. The quantitative estimate of drug-likeness (QED) is 0.757. The van der Waals surface area contributed by atoms with Crippen molar-refractivity contribution in [3.63, 3.8) is 0 Å². The summed E-state index contributed by atoms with van der Waals surface area (Å²) >= 11 is 0. The molecule has 6 nitrogen and oxygen atoms in total. The molecular weight excluding hydrogens is 389 g/mol. The molecule has 2 heterocycles. The van der Waals surface area contributed by atoms with E-state index in [4.69, 9.17) is 14.9 Å². The second-order valence-electron chi connectivity index (χ2n) is 6.25. The van der Waals surface area contributed by atoms with Crippen LogP contribution in [0.1, 0.15) is 29.2 Å². The Bertz CT molecular complexity index is 691. The second kappa shape index (κ2) is 11.3. The summed E-state index contributed by atoms with van der Waals surface area (Å²) in [4.78, 5) is 14.7. The first-order chi connectivity index (χ1) is 12.1. The molecule has 0 radical (unpaired) electrons. The molecule has 3 N–H and O–H groups in total. The van der Waals surface area contributed by atoms with Crippen molar-refractivity contribution in [2.24, 2.45) is 5.73 Å². The summed E-state index contributed by atoms with van der Waals surface area (Å²) in [7, 11) is 0. The molecule has 2 aromatic rings. The van der Waals surface area contributed by atoms with E-state index < -0.39 is 6.04 Å². The summed E-state index contributed by atoms with van der Waals surface area (Å²) in [6, 6.07) is 12.6. The van der Waals surface area contributed by atoms with Crippen LogP contribution in [-0.4, -0.2) is 43.7 Å². The number of aryl methyl sites for hydroxylation is 1. The van der Waals surface area contributed by atoms with E-state index in [1.165, 1.54) is 0 Å². The molecule has 8 heteroatoms. The number of carbonyl (C=O) groups excluding carboxylic acids is 1. The van der Waals surface area contributed by atoms with Gasteiger partial charge in [0.2, 0.25) is 5.91 Å². The van der Waals surface area contributed by atoms with Gasteiger partial charge in [-0.3, -0.25) is 9.69 Å². The van der Waals surface area contributed by atoms with Crippen molar-refractivity contribution in [2.45, 2.75) is 19.0 Å². The van der Waals surface area contributed by atoms with Gasteiger partial charge in [-0.2, -0.15) is 0 Å². The largest absolute Gasteiger partial charge is 0.465 e. The molecule has 1 amide bonds. The maximum Gasteiger partial charge on any atom is 0.241 e. The molecule has 3 rings (SSSR count). The van der Waals surface area contributed by atoms with Crippen LogP contribution in [0.15, 0.2) is 46.9 Å². The van der Waals surface area contributed by atoms with Crippen molar-refractivity contribution in [3.05, 3.63) is 59.5 Å². The molecule has 0 aliphatic carbocycles. The monoisotopic (exact) mass is 415 g/mol. The molecule has 2 unspecified atom stereocenters. The van der Waals surface area contributed by atoms with Crippen molar-refractivity contribution in [2.75, 3.05) is 32.8 Å². The first-order valence-corrected chi connectivity index (χ1v) is 8.61. The highest BCUT2D eigenvalue weighted by molar-refractivity contribution is 5.85. The normalized spacial score (nSPS) is 16.5. The average molecular weight is 416 g/mol. The zero-order valence-electron chi connectivity index (χ0n) is 15.3. The van der Waals surface area contributed by atoms with Crippen LogP contribution in [0.5, 0.6) is 0 Å². The number of hydrogen-bond acceptors (Lipinski definition) is 5. The highest BCUT2D eigenvalue weighted by Crippen LogP contribution is 2.23. The first-order valence-electron chi connectivity index (χ1n) is 8.61. The van der Waals surface area contributed by atoms with E-state index in [0.29, 0.717) is 19.8 Å². The lowest BCUT2D eigenvalue weighted by atomic mass is 10.1. The van der Waals surface area contributed by atoms with Gasteiger partial charge in [0, 0.05) is 19.6 Å². The van der Waals surface area contributed by atoms with E-state index in [9.17, 15) is 4.79 Å². The van der Waals surface area contributed by atoms with E-state index >= 15 is 0 Å². The molecule has 0 spiro atoms. The Balaban J connectivity index is 0.00000182. The summed E-state index contributed by atoms with van der Waals surface area (Å²) in [5.74, 6) is 1.53. The molecule has 0 bridgehead atoms. The van der Waals surface area contributed by atoms with Crippen LogP contribution in [0.25, 0.3) is 0 Å². The number of amides is 1. The molecule has 1 fully saturated rings. The first kappa shape index (κ1) is 23.5. The predicted octanol–water partition coefficient (Wildman–Crippen LogP) is 2.62. The highest BCUT2D eigenvalue weighted by atomic mass is 35.5. The Morgan fingerprint density at radius 1 is 1.15 bits per heavy atom. The second-order valence-corrected chi connectivity index (χ2v) is 6.25. The van der Waals surface area contributed by atoms with Crippen LogP contribution in [0.2, 0.25) is 0 Å². The Morgan fingerprint density at radius 2 is 1.81 bits per heavy atom. The third kappa shape index (κ3) is 6.23. The fraction of sp³-hybridized carbons (Fsp3) is 0.421. The number of nitrogens with one attached hydrogen (secondary N) is 1. The van der Waals surface area contributed by atoms with Gasteiger partial charge in [0.1, 0.15) is 17.6 Å². The Hall–Kier alpha value is -1.57. The minimum Gasteiger partial charge on any atom is -0.465 e. The summed E-state index contributed by atoms with van der Waals surface area (Å²) < 4.78 is 11.2. The summed E-state index contributed by atoms with van der Waals surface area (Å²) in [6.07, 6.45) is 0. The molecule has 1 aliphatic rings. The molecular formula is C19H27Cl2N3O3. The SMILES string of the molecule is Cc1ccc(C(CNC(=O)C(N)c2ccccc2)N2CCOCC2)o1.Cl.Cl. The van der Waals surface area contributed by atoms with Gasteiger partial charge in [0.05, 0.1) is 19.3 Å². The van der Waals surface area contributed by atoms with Gasteiger partial charge in [-0.25, -0.2) is 0 Å². The van der Waals surface area contributed by atoms with E-state index in [2.05, 4.69) is 10.2 Å². The third-order valence-corrected chi connectivity index (χ3v) is 4.49. The van der Waals surface area contributed by atoms with Gasteiger partial charge in [-0.1, -0.05) is 30.3 Å². The van der Waals surface area contributed by atoms with Crippen LogP contribution >= 0.6 is 24.8 Å². The van der Waals surface area contributed by atoms with E-state index in [-0.39, 0.29) is 36.8 Å². The fourth-order valence-corrected chi connectivity index (χ4v) is 3.05. The molecule has 27 heavy (non-hydrogen) atoms. The third-order valence-electron chi connectivity index (χ3n) is 4.49. The fourth-order valence-electron chi connectivity index (χ4n) is 3.05. The van der Waals surface area contributed by atoms with Gasteiger partial charge >= 0.3 is 0 Å². The zero-order chi connectivity index (χ0) is 17.6. The zero-order valence-corrected chi connectivity index (χ0v) is 16.9. The standard InChI is InChI=1S/C19H25N3O3.2ClH/c1-14-7-8-17(25-14)16(22-9-11-24-12-10-22)13-21-19(23)18(20)15-5-3-2-4-6-15;;/h2-8,16,18H,9-13,20H2,1H3,(H,21,23);2*1H. The smallest absolute Gasteiger partial charge is 0.241 e. The van der Waals surface area contributed by atoms with Crippen LogP contribution in [-0.2, 0) is 9.53 Å². The number of carbonyl (C=O) groups is 1. The lowest BCUT2D eigenvalue weighted by Crippen LogP contribution is -2.45. The average Bonchev–Trinajstić information content (AvgIpc) is 3.09. The van der Waals surface area contributed by atoms with Gasteiger partial charge in [-0.05, 0) is 24.6 Å². The van der Waals surface area contributed by atoms with Crippen LogP contribution < -0.4 is 11.1 Å². The van der Waals surface area contributed by atoms with Crippen molar-refractivity contribution in [1.29, 1.82) is 0 Å². The number of hydrogen-bond donors (Lipinski definition) is 2. The number of halogens is 2. The van der Waals surface area contributed by atoms with Crippen LogP contribution in [0, 0.1) is 6.92 Å². The minimum atomic E-state index is -0.676. The number of nitrogens with zero attached hydrogens (tertiary/aromatic N) is 1. The maximum atomic E-state index is 12.5.